The fourth-order valence-corrected chi connectivity index (χ4v) is 3.27. The van der Waals surface area contributed by atoms with Gasteiger partial charge in [0.1, 0.15) is 41.2 Å². The van der Waals surface area contributed by atoms with Crippen molar-refractivity contribution in [3.63, 3.8) is 0 Å². The minimum atomic E-state index is -0.392. The monoisotopic (exact) mass is 540 g/mol. The van der Waals surface area contributed by atoms with E-state index in [0.29, 0.717) is 26.9 Å². The summed E-state index contributed by atoms with van der Waals surface area (Å²) in [4.78, 5) is 0. The normalized spacial score (nSPS) is 9.86. The van der Waals surface area contributed by atoms with Crippen molar-refractivity contribution in [2.75, 3.05) is 0 Å². The van der Waals surface area contributed by atoms with Crippen LogP contribution in [0.4, 0.5) is 8.78 Å². The lowest BCUT2D eigenvalue weighted by atomic mass is 10.2. The standard InChI is InChI=1S/C13H10ClFO2.C7H5Cl2F.C6H6O2/c14-12-2-1-3-13(15)11(12)8-17-10-6-4-9(16)5-7-10;8-4-5-6(9)2-1-3-7(5)10;7-5-1-2-6(8)4-3-5/h1-7,16H,8H2;1-3H,4H2;1-4,7-8H. The Labute approximate surface area is 216 Å². The quantitative estimate of drug-likeness (QED) is 0.180. The molecule has 0 aliphatic rings. The average Bonchev–Trinajstić information content (AvgIpc) is 2.83. The van der Waals surface area contributed by atoms with Gasteiger partial charge in [0.15, 0.2) is 0 Å². The Kier molecular flexibility index (Phi) is 11.4. The van der Waals surface area contributed by atoms with Gasteiger partial charge in [0.25, 0.3) is 0 Å². The molecule has 0 unspecified atom stereocenters. The van der Waals surface area contributed by atoms with Crippen LogP contribution in [0.25, 0.3) is 0 Å². The number of hydrogen-bond acceptors (Lipinski definition) is 4. The average molecular weight is 542 g/mol. The Bertz CT molecular complexity index is 1140. The third kappa shape index (κ3) is 9.53. The van der Waals surface area contributed by atoms with Crippen molar-refractivity contribution in [1.82, 2.24) is 0 Å². The summed E-state index contributed by atoms with van der Waals surface area (Å²) in [6.45, 7) is 0.0519. The van der Waals surface area contributed by atoms with E-state index in [-0.39, 0.29) is 35.6 Å². The van der Waals surface area contributed by atoms with Gasteiger partial charge in [0, 0.05) is 16.1 Å². The molecular weight excluding hydrogens is 521 g/mol. The lowest BCUT2D eigenvalue weighted by molar-refractivity contribution is 0.299. The molecule has 9 heteroatoms. The summed E-state index contributed by atoms with van der Waals surface area (Å²) < 4.78 is 31.5. The summed E-state index contributed by atoms with van der Waals surface area (Å²) in [5.41, 5.74) is 0.688. The molecule has 184 valence electrons. The van der Waals surface area contributed by atoms with E-state index in [1.165, 1.54) is 48.5 Å². The van der Waals surface area contributed by atoms with E-state index in [2.05, 4.69) is 0 Å². The predicted octanol–water partition coefficient (Wildman–Crippen LogP) is 8.08. The van der Waals surface area contributed by atoms with Crippen molar-refractivity contribution in [2.24, 2.45) is 0 Å². The minimum absolute atomic E-state index is 0.0519. The molecule has 3 N–H and O–H groups in total. The van der Waals surface area contributed by atoms with E-state index in [1.807, 2.05) is 0 Å². The summed E-state index contributed by atoms with van der Waals surface area (Å²) in [5.74, 6) is 0.415. The smallest absolute Gasteiger partial charge is 0.131 e. The zero-order valence-electron chi connectivity index (χ0n) is 18.1. The van der Waals surface area contributed by atoms with Crippen molar-refractivity contribution in [2.45, 2.75) is 12.5 Å². The lowest BCUT2D eigenvalue weighted by Crippen LogP contribution is -1.99. The summed E-state index contributed by atoms with van der Waals surface area (Å²) in [7, 11) is 0. The van der Waals surface area contributed by atoms with Crippen molar-refractivity contribution in [1.29, 1.82) is 0 Å². The van der Waals surface area contributed by atoms with Gasteiger partial charge in [-0.05, 0) is 72.8 Å². The summed E-state index contributed by atoms with van der Waals surface area (Å²) in [6, 6.07) is 20.9. The van der Waals surface area contributed by atoms with Crippen LogP contribution in [0.15, 0.2) is 84.9 Å². The Hall–Kier alpha value is -3.19. The van der Waals surface area contributed by atoms with Crippen LogP contribution < -0.4 is 4.74 Å². The fourth-order valence-electron chi connectivity index (χ4n) is 2.48. The number of hydrogen-bond donors (Lipinski definition) is 3. The van der Waals surface area contributed by atoms with E-state index in [4.69, 9.17) is 54.9 Å². The number of alkyl halides is 1. The Morgan fingerprint density at radius 1 is 0.600 bits per heavy atom. The highest BCUT2D eigenvalue weighted by Gasteiger charge is 2.07. The maximum atomic E-state index is 13.4. The first-order valence-corrected chi connectivity index (χ1v) is 11.3. The first-order chi connectivity index (χ1) is 16.7. The van der Waals surface area contributed by atoms with Crippen LogP contribution in [0.2, 0.25) is 10.0 Å². The van der Waals surface area contributed by atoms with Crippen LogP contribution in [-0.4, -0.2) is 15.3 Å². The Morgan fingerprint density at radius 3 is 1.37 bits per heavy atom. The molecule has 4 aromatic carbocycles. The molecule has 0 saturated carbocycles. The van der Waals surface area contributed by atoms with Gasteiger partial charge in [-0.2, -0.15) is 0 Å². The number of aromatic hydroxyl groups is 3. The third-order valence-electron chi connectivity index (χ3n) is 4.33. The maximum Gasteiger partial charge on any atom is 0.131 e. The summed E-state index contributed by atoms with van der Waals surface area (Å²) in [5, 5.41) is 27.1. The Balaban J connectivity index is 0.000000204. The number of phenolic OH excluding ortho intramolecular Hbond substituents is 3. The van der Waals surface area contributed by atoms with Crippen molar-refractivity contribution in [3.05, 3.63) is 118 Å². The first kappa shape index (κ1) is 28.1. The van der Waals surface area contributed by atoms with Gasteiger partial charge >= 0.3 is 0 Å². The van der Waals surface area contributed by atoms with Gasteiger partial charge in [0.2, 0.25) is 0 Å². The largest absolute Gasteiger partial charge is 0.508 e. The zero-order chi connectivity index (χ0) is 25.8. The molecule has 0 radical (unpaired) electrons. The van der Waals surface area contributed by atoms with Gasteiger partial charge < -0.3 is 20.1 Å². The van der Waals surface area contributed by atoms with Gasteiger partial charge in [-0.3, -0.25) is 0 Å². The first-order valence-electron chi connectivity index (χ1n) is 10.0. The third-order valence-corrected chi connectivity index (χ3v) is 5.30. The molecule has 0 amide bonds. The van der Waals surface area contributed by atoms with Gasteiger partial charge in [0.05, 0.1) is 10.9 Å². The molecule has 0 aromatic heterocycles. The molecule has 0 fully saturated rings. The number of ether oxygens (including phenoxy) is 1. The molecular formula is C26H21Cl3F2O4. The van der Waals surface area contributed by atoms with E-state index in [0.717, 1.165) is 0 Å². The molecule has 4 rings (SSSR count). The second kappa shape index (κ2) is 14.3. The SMILES string of the molecule is Fc1cccc(Cl)c1CCl.Oc1ccc(O)cc1.Oc1ccc(OCc2c(F)cccc2Cl)cc1. The highest BCUT2D eigenvalue weighted by atomic mass is 35.5. The second-order valence-corrected chi connectivity index (χ2v) is 7.91. The molecule has 0 heterocycles. The summed E-state index contributed by atoms with van der Waals surface area (Å²) >= 11 is 16.9. The predicted molar refractivity (Wildman–Crippen MR) is 135 cm³/mol. The lowest BCUT2D eigenvalue weighted by Gasteiger charge is -2.08. The van der Waals surface area contributed by atoms with Crippen molar-refractivity contribution < 1.29 is 28.8 Å². The number of halogens is 5. The number of benzene rings is 4. The molecule has 0 aliphatic heterocycles. The topological polar surface area (TPSA) is 69.9 Å². The highest BCUT2D eigenvalue weighted by Crippen LogP contribution is 2.23. The molecule has 35 heavy (non-hydrogen) atoms. The molecule has 0 spiro atoms. The van der Waals surface area contributed by atoms with Gasteiger partial charge in [-0.25, -0.2) is 8.78 Å². The number of rotatable bonds is 4. The van der Waals surface area contributed by atoms with Crippen LogP contribution in [0, 0.1) is 11.6 Å². The molecule has 0 saturated heterocycles. The van der Waals surface area contributed by atoms with Gasteiger partial charge in [-0.1, -0.05) is 35.3 Å². The van der Waals surface area contributed by atoms with Crippen molar-refractivity contribution >= 4 is 34.8 Å². The number of phenols is 3. The van der Waals surface area contributed by atoms with Gasteiger partial charge in [-0.15, -0.1) is 11.6 Å². The highest BCUT2D eigenvalue weighted by molar-refractivity contribution is 6.32. The maximum absolute atomic E-state index is 13.4. The van der Waals surface area contributed by atoms with E-state index in [1.54, 1.807) is 36.4 Å². The van der Waals surface area contributed by atoms with Crippen LogP contribution in [0.1, 0.15) is 11.1 Å². The van der Waals surface area contributed by atoms with Crippen LogP contribution in [-0.2, 0) is 12.5 Å². The molecule has 0 bridgehead atoms. The van der Waals surface area contributed by atoms with Crippen molar-refractivity contribution in [3.8, 4) is 23.0 Å². The van der Waals surface area contributed by atoms with E-state index < -0.39 is 5.82 Å². The second-order valence-electron chi connectivity index (χ2n) is 6.83. The van der Waals surface area contributed by atoms with Crippen LogP contribution >= 0.6 is 34.8 Å². The van der Waals surface area contributed by atoms with Crippen LogP contribution in [0.3, 0.4) is 0 Å². The molecule has 4 aromatic rings. The molecule has 0 aliphatic carbocycles. The van der Waals surface area contributed by atoms with E-state index >= 15 is 0 Å². The minimum Gasteiger partial charge on any atom is -0.508 e. The Morgan fingerprint density at radius 2 is 1.00 bits per heavy atom. The fraction of sp³-hybridized carbons (Fsp3) is 0.0769. The molecule has 4 nitrogen and oxygen atoms in total. The van der Waals surface area contributed by atoms with Crippen LogP contribution in [0.5, 0.6) is 23.0 Å². The molecule has 0 atom stereocenters. The van der Waals surface area contributed by atoms with E-state index in [9.17, 15) is 8.78 Å². The zero-order valence-corrected chi connectivity index (χ0v) is 20.4. The summed E-state index contributed by atoms with van der Waals surface area (Å²) in [6.07, 6.45) is 0.